The topological polar surface area (TPSA) is 92.9 Å². The molecule has 1 aromatic heterocycles. The second-order valence-electron chi connectivity index (χ2n) is 6.52. The van der Waals surface area contributed by atoms with E-state index in [2.05, 4.69) is 10.3 Å². The fourth-order valence-electron chi connectivity index (χ4n) is 3.09. The number of aromatic hydroxyl groups is 1. The summed E-state index contributed by atoms with van der Waals surface area (Å²) in [5.41, 5.74) is 3.14. The fraction of sp³-hybridized carbons (Fsp3) is 0.136. The van der Waals surface area contributed by atoms with Crippen molar-refractivity contribution < 1.29 is 14.6 Å². The van der Waals surface area contributed by atoms with E-state index in [4.69, 9.17) is 4.74 Å². The predicted octanol–water partition coefficient (Wildman–Crippen LogP) is 3.91. The number of nitrogens with one attached hydrogen (secondary N) is 1. The third-order valence-electron chi connectivity index (χ3n) is 4.49. The molecule has 0 bridgehead atoms. The van der Waals surface area contributed by atoms with Gasteiger partial charge in [-0.25, -0.2) is 0 Å². The van der Waals surface area contributed by atoms with Crippen molar-refractivity contribution in [2.24, 2.45) is 4.99 Å². The molecule has 152 valence electrons. The SMILES string of the molecule is CCOc1ccc(NC(=O)Cn2c(O)c(C=C3C=Nc4ccccc43)sc2=O)cc1. The fourth-order valence-corrected chi connectivity index (χ4v) is 3.92. The first kappa shape index (κ1) is 19.7. The Labute approximate surface area is 176 Å². The number of fused-ring (bicyclic) bond motifs is 1. The average molecular weight is 421 g/mol. The van der Waals surface area contributed by atoms with E-state index in [0.29, 0.717) is 22.9 Å². The van der Waals surface area contributed by atoms with Crippen LogP contribution < -0.4 is 14.9 Å². The summed E-state index contributed by atoms with van der Waals surface area (Å²) in [4.78, 5) is 29.0. The molecule has 30 heavy (non-hydrogen) atoms. The van der Waals surface area contributed by atoms with Crippen molar-refractivity contribution >= 4 is 46.5 Å². The van der Waals surface area contributed by atoms with Crippen molar-refractivity contribution in [3.63, 3.8) is 0 Å². The van der Waals surface area contributed by atoms with Gasteiger partial charge in [-0.15, -0.1) is 0 Å². The number of aromatic nitrogens is 1. The first-order valence-corrected chi connectivity index (χ1v) is 10.2. The van der Waals surface area contributed by atoms with E-state index in [1.807, 2.05) is 31.2 Å². The standard InChI is InChI=1S/C22H19N3O4S/c1-2-29-16-9-7-15(8-10-16)24-20(26)13-25-21(27)19(30-22(25)28)11-14-12-23-18-6-4-3-5-17(14)18/h3-12,27H,2,13H2,1H3,(H,24,26). The van der Waals surface area contributed by atoms with Crippen molar-refractivity contribution in [2.75, 3.05) is 11.9 Å². The van der Waals surface area contributed by atoms with E-state index in [0.717, 1.165) is 32.7 Å². The van der Waals surface area contributed by atoms with Crippen LogP contribution in [0.2, 0.25) is 0 Å². The van der Waals surface area contributed by atoms with Crippen LogP contribution in [0.25, 0.3) is 11.6 Å². The number of benzene rings is 2. The zero-order valence-electron chi connectivity index (χ0n) is 16.2. The molecule has 1 amide bonds. The van der Waals surface area contributed by atoms with Gasteiger partial charge < -0.3 is 15.2 Å². The minimum absolute atomic E-state index is 0.239. The van der Waals surface area contributed by atoms with E-state index in [1.54, 1.807) is 36.6 Å². The number of para-hydroxylation sites is 1. The van der Waals surface area contributed by atoms with Gasteiger partial charge in [0.25, 0.3) is 0 Å². The third-order valence-corrected chi connectivity index (χ3v) is 5.40. The summed E-state index contributed by atoms with van der Waals surface area (Å²) in [6, 6.07) is 14.5. The minimum atomic E-state index is -0.415. The van der Waals surface area contributed by atoms with Gasteiger partial charge in [0.2, 0.25) is 11.8 Å². The molecule has 7 nitrogen and oxygen atoms in total. The molecule has 1 aliphatic heterocycles. The average Bonchev–Trinajstić information content (AvgIpc) is 3.26. The Morgan fingerprint density at radius 2 is 2.00 bits per heavy atom. The van der Waals surface area contributed by atoms with E-state index in [-0.39, 0.29) is 12.4 Å². The minimum Gasteiger partial charge on any atom is -0.494 e. The molecule has 0 atom stereocenters. The summed E-state index contributed by atoms with van der Waals surface area (Å²) >= 11 is 0.881. The zero-order chi connectivity index (χ0) is 21.1. The van der Waals surface area contributed by atoms with E-state index in [1.165, 1.54) is 0 Å². The Balaban J connectivity index is 1.50. The molecule has 8 heteroatoms. The lowest BCUT2D eigenvalue weighted by atomic mass is 10.1. The summed E-state index contributed by atoms with van der Waals surface area (Å²) < 4.78 is 6.42. The maximum atomic E-state index is 12.4. The van der Waals surface area contributed by atoms with Crippen LogP contribution in [-0.2, 0) is 11.3 Å². The van der Waals surface area contributed by atoms with Gasteiger partial charge in [-0.05, 0) is 43.3 Å². The Morgan fingerprint density at radius 3 is 2.77 bits per heavy atom. The zero-order valence-corrected chi connectivity index (χ0v) is 17.0. The molecule has 0 fully saturated rings. The van der Waals surface area contributed by atoms with Gasteiger partial charge in [0.05, 0.1) is 17.2 Å². The van der Waals surface area contributed by atoms with E-state index >= 15 is 0 Å². The lowest BCUT2D eigenvalue weighted by molar-refractivity contribution is -0.116. The highest BCUT2D eigenvalue weighted by molar-refractivity contribution is 7.10. The number of carbonyl (C=O) groups is 1. The lowest BCUT2D eigenvalue weighted by Crippen LogP contribution is -2.24. The van der Waals surface area contributed by atoms with Crippen LogP contribution >= 0.6 is 11.3 Å². The number of amides is 1. The highest BCUT2D eigenvalue weighted by Gasteiger charge is 2.18. The normalized spacial score (nSPS) is 13.4. The monoisotopic (exact) mass is 421 g/mol. The molecule has 2 aromatic carbocycles. The van der Waals surface area contributed by atoms with Crippen molar-refractivity contribution in [3.05, 3.63) is 68.6 Å². The number of aliphatic imine (C=N–C) groups is 1. The van der Waals surface area contributed by atoms with Crippen LogP contribution in [-0.4, -0.2) is 28.4 Å². The smallest absolute Gasteiger partial charge is 0.311 e. The molecule has 0 radical (unpaired) electrons. The van der Waals surface area contributed by atoms with Crippen LogP contribution in [0.5, 0.6) is 11.6 Å². The van der Waals surface area contributed by atoms with Crippen molar-refractivity contribution in [2.45, 2.75) is 13.5 Å². The molecule has 0 saturated carbocycles. The van der Waals surface area contributed by atoms with Gasteiger partial charge in [-0.1, -0.05) is 29.5 Å². The van der Waals surface area contributed by atoms with Crippen LogP contribution in [0.3, 0.4) is 0 Å². The van der Waals surface area contributed by atoms with Gasteiger partial charge in [-0.2, -0.15) is 0 Å². The van der Waals surface area contributed by atoms with E-state index < -0.39 is 10.8 Å². The summed E-state index contributed by atoms with van der Waals surface area (Å²) in [5.74, 6) is 0.0513. The van der Waals surface area contributed by atoms with Crippen molar-refractivity contribution in [3.8, 4) is 11.6 Å². The summed E-state index contributed by atoms with van der Waals surface area (Å²) in [6.45, 7) is 2.16. The van der Waals surface area contributed by atoms with Gasteiger partial charge in [0, 0.05) is 23.0 Å². The summed E-state index contributed by atoms with van der Waals surface area (Å²) in [6.07, 6.45) is 3.40. The Bertz CT molecular complexity index is 1210. The lowest BCUT2D eigenvalue weighted by Gasteiger charge is -2.08. The first-order valence-electron chi connectivity index (χ1n) is 9.35. The molecule has 0 saturated heterocycles. The number of allylic oxidation sites excluding steroid dienone is 1. The van der Waals surface area contributed by atoms with Gasteiger partial charge in [-0.3, -0.25) is 19.1 Å². The molecular formula is C22H19N3O4S. The predicted molar refractivity (Wildman–Crippen MR) is 119 cm³/mol. The third kappa shape index (κ3) is 4.04. The molecule has 4 rings (SSSR count). The number of ether oxygens (including phenoxy) is 1. The Kier molecular flexibility index (Phi) is 5.49. The number of hydrogen-bond acceptors (Lipinski definition) is 6. The molecule has 1 aliphatic rings. The maximum Gasteiger partial charge on any atom is 0.311 e. The molecule has 0 unspecified atom stereocenters. The number of anilines is 1. The number of nitrogens with zero attached hydrogens (tertiary/aromatic N) is 2. The molecule has 3 aromatic rings. The van der Waals surface area contributed by atoms with Crippen molar-refractivity contribution in [1.29, 1.82) is 0 Å². The maximum absolute atomic E-state index is 12.4. The number of rotatable bonds is 6. The van der Waals surface area contributed by atoms with Gasteiger partial charge in [0.1, 0.15) is 12.3 Å². The summed E-state index contributed by atoms with van der Waals surface area (Å²) in [7, 11) is 0. The Hall–Kier alpha value is -3.65. The number of carbonyl (C=O) groups excluding carboxylic acids is 1. The molecular weight excluding hydrogens is 402 g/mol. The molecule has 0 spiro atoms. The molecule has 2 N–H and O–H groups in total. The summed E-state index contributed by atoms with van der Waals surface area (Å²) in [5, 5.41) is 13.2. The van der Waals surface area contributed by atoms with Crippen molar-refractivity contribution in [1.82, 2.24) is 4.57 Å². The molecule has 2 heterocycles. The van der Waals surface area contributed by atoms with Crippen LogP contribution in [0.4, 0.5) is 11.4 Å². The van der Waals surface area contributed by atoms with Gasteiger partial charge in [0.15, 0.2) is 0 Å². The second-order valence-corrected chi connectivity index (χ2v) is 7.52. The van der Waals surface area contributed by atoms with Gasteiger partial charge >= 0.3 is 4.87 Å². The van der Waals surface area contributed by atoms with Crippen LogP contribution in [0.1, 0.15) is 17.4 Å². The van der Waals surface area contributed by atoms with Crippen LogP contribution in [0, 0.1) is 0 Å². The highest BCUT2D eigenvalue weighted by Crippen LogP contribution is 2.34. The number of hydrogen-bond donors (Lipinski definition) is 2. The van der Waals surface area contributed by atoms with Crippen LogP contribution in [0.15, 0.2) is 58.3 Å². The quantitative estimate of drug-likeness (QED) is 0.631. The second kappa shape index (κ2) is 8.38. The largest absolute Gasteiger partial charge is 0.494 e. The Morgan fingerprint density at radius 1 is 1.23 bits per heavy atom. The molecule has 0 aliphatic carbocycles. The number of thiazole rings is 1. The first-order chi connectivity index (χ1) is 14.5. The van der Waals surface area contributed by atoms with E-state index in [9.17, 15) is 14.7 Å². The highest BCUT2D eigenvalue weighted by atomic mass is 32.1.